The lowest BCUT2D eigenvalue weighted by atomic mass is 9.88. The van der Waals surface area contributed by atoms with Gasteiger partial charge < -0.3 is 4.74 Å². The summed E-state index contributed by atoms with van der Waals surface area (Å²) in [5, 5.41) is 0. The fraction of sp³-hybridized carbons (Fsp3) is 0.583. The summed E-state index contributed by atoms with van der Waals surface area (Å²) in [4.78, 5) is 4.10. The molecule has 0 amide bonds. The van der Waals surface area contributed by atoms with Crippen LogP contribution in [0.5, 0.6) is 5.75 Å². The van der Waals surface area contributed by atoms with Crippen molar-refractivity contribution in [3.05, 3.63) is 22.9 Å². The summed E-state index contributed by atoms with van der Waals surface area (Å²) < 4.78 is 6.93. The Morgan fingerprint density at radius 3 is 2.87 bits per heavy atom. The maximum Gasteiger partial charge on any atom is 0.139 e. The van der Waals surface area contributed by atoms with E-state index in [1.807, 2.05) is 6.07 Å². The van der Waals surface area contributed by atoms with Gasteiger partial charge in [-0.15, -0.1) is 0 Å². The second-order valence-corrected chi connectivity index (χ2v) is 5.17. The Morgan fingerprint density at radius 1 is 1.33 bits per heavy atom. The van der Waals surface area contributed by atoms with Crippen molar-refractivity contribution in [2.45, 2.75) is 38.7 Å². The van der Waals surface area contributed by atoms with E-state index in [2.05, 4.69) is 27.8 Å². The topological polar surface area (TPSA) is 22.1 Å². The molecule has 1 heterocycles. The van der Waals surface area contributed by atoms with Gasteiger partial charge in [0.05, 0.1) is 6.20 Å². The van der Waals surface area contributed by atoms with Crippen LogP contribution in [0.15, 0.2) is 22.9 Å². The number of nitrogens with zero attached hydrogens (tertiary/aromatic N) is 1. The number of ether oxygens (including phenoxy) is 1. The van der Waals surface area contributed by atoms with Crippen LogP contribution in [0.2, 0.25) is 0 Å². The van der Waals surface area contributed by atoms with Crippen LogP contribution in [0.3, 0.4) is 0 Å². The summed E-state index contributed by atoms with van der Waals surface area (Å²) in [7, 11) is 0. The third-order valence-corrected chi connectivity index (χ3v) is 3.43. The molecule has 82 valence electrons. The van der Waals surface area contributed by atoms with Gasteiger partial charge in [0.2, 0.25) is 0 Å². The zero-order chi connectivity index (χ0) is 10.7. The second kappa shape index (κ2) is 4.97. The Balaban J connectivity index is 2.01. The van der Waals surface area contributed by atoms with Gasteiger partial charge >= 0.3 is 0 Å². The summed E-state index contributed by atoms with van der Waals surface area (Å²) in [6.45, 7) is 2.27. The summed E-state index contributed by atoms with van der Waals surface area (Å²) in [6.07, 6.45) is 9.02. The molecular formula is C12H16BrNO. The normalized spacial score (nSPS) is 26.3. The zero-order valence-corrected chi connectivity index (χ0v) is 10.5. The van der Waals surface area contributed by atoms with Crippen LogP contribution in [0.25, 0.3) is 0 Å². The number of halogens is 1. The SMILES string of the molecule is CC1CCCCC1Oc1cncc(Br)c1. The molecule has 2 nitrogen and oxygen atoms in total. The van der Waals surface area contributed by atoms with Crippen molar-refractivity contribution in [1.29, 1.82) is 0 Å². The Bertz CT molecular complexity index is 329. The Kier molecular flexibility index (Phi) is 3.62. The Hall–Kier alpha value is -0.570. The molecule has 0 aromatic carbocycles. The monoisotopic (exact) mass is 269 g/mol. The van der Waals surface area contributed by atoms with Crippen LogP contribution in [-0.2, 0) is 0 Å². The quantitative estimate of drug-likeness (QED) is 0.815. The van der Waals surface area contributed by atoms with E-state index >= 15 is 0 Å². The number of hydrogen-bond acceptors (Lipinski definition) is 2. The van der Waals surface area contributed by atoms with Crippen molar-refractivity contribution in [3.8, 4) is 5.75 Å². The second-order valence-electron chi connectivity index (χ2n) is 4.26. The molecule has 15 heavy (non-hydrogen) atoms. The van der Waals surface area contributed by atoms with Crippen molar-refractivity contribution in [2.24, 2.45) is 5.92 Å². The molecule has 0 aliphatic heterocycles. The lowest BCUT2D eigenvalue weighted by Gasteiger charge is -2.29. The maximum absolute atomic E-state index is 5.96. The van der Waals surface area contributed by atoms with E-state index in [4.69, 9.17) is 4.74 Å². The molecular weight excluding hydrogens is 254 g/mol. The largest absolute Gasteiger partial charge is 0.489 e. The van der Waals surface area contributed by atoms with E-state index in [0.717, 1.165) is 10.2 Å². The van der Waals surface area contributed by atoms with Crippen LogP contribution in [0.4, 0.5) is 0 Å². The fourth-order valence-electron chi connectivity index (χ4n) is 2.09. The van der Waals surface area contributed by atoms with Gasteiger partial charge in [0.15, 0.2) is 0 Å². The van der Waals surface area contributed by atoms with Gasteiger partial charge in [0.1, 0.15) is 11.9 Å². The molecule has 3 heteroatoms. The maximum atomic E-state index is 5.96. The smallest absolute Gasteiger partial charge is 0.139 e. The number of hydrogen-bond donors (Lipinski definition) is 0. The van der Waals surface area contributed by atoms with Gasteiger partial charge in [-0.2, -0.15) is 0 Å². The van der Waals surface area contributed by atoms with E-state index in [1.54, 1.807) is 12.4 Å². The van der Waals surface area contributed by atoms with Crippen molar-refractivity contribution in [3.63, 3.8) is 0 Å². The number of rotatable bonds is 2. The fourth-order valence-corrected chi connectivity index (χ4v) is 2.43. The van der Waals surface area contributed by atoms with Crippen molar-refractivity contribution in [1.82, 2.24) is 4.98 Å². The molecule has 0 saturated heterocycles. The molecule has 1 fully saturated rings. The minimum absolute atomic E-state index is 0.370. The molecule has 1 saturated carbocycles. The molecule has 2 atom stereocenters. The van der Waals surface area contributed by atoms with Crippen LogP contribution < -0.4 is 4.74 Å². The minimum Gasteiger partial charge on any atom is -0.489 e. The Morgan fingerprint density at radius 2 is 2.13 bits per heavy atom. The van der Waals surface area contributed by atoms with Gasteiger partial charge in [-0.25, -0.2) is 0 Å². The van der Waals surface area contributed by atoms with E-state index in [-0.39, 0.29) is 0 Å². The van der Waals surface area contributed by atoms with Gasteiger partial charge in [0.25, 0.3) is 0 Å². The molecule has 1 aromatic rings. The number of aromatic nitrogens is 1. The first kappa shape index (κ1) is 10.9. The van der Waals surface area contributed by atoms with Gasteiger partial charge in [-0.05, 0) is 47.2 Å². The zero-order valence-electron chi connectivity index (χ0n) is 8.95. The highest BCUT2D eigenvalue weighted by Gasteiger charge is 2.22. The van der Waals surface area contributed by atoms with Crippen molar-refractivity contribution >= 4 is 15.9 Å². The number of pyridine rings is 1. The third kappa shape index (κ3) is 2.94. The highest BCUT2D eigenvalue weighted by Crippen LogP contribution is 2.28. The van der Waals surface area contributed by atoms with E-state index < -0.39 is 0 Å². The molecule has 1 aromatic heterocycles. The van der Waals surface area contributed by atoms with E-state index in [9.17, 15) is 0 Å². The lowest BCUT2D eigenvalue weighted by Crippen LogP contribution is -2.28. The molecule has 0 N–H and O–H groups in total. The minimum atomic E-state index is 0.370. The molecule has 0 radical (unpaired) electrons. The first-order valence-corrected chi connectivity index (χ1v) is 6.32. The van der Waals surface area contributed by atoms with Crippen LogP contribution in [-0.4, -0.2) is 11.1 Å². The predicted molar refractivity (Wildman–Crippen MR) is 64.0 cm³/mol. The highest BCUT2D eigenvalue weighted by atomic mass is 79.9. The van der Waals surface area contributed by atoms with Crippen LogP contribution in [0.1, 0.15) is 32.6 Å². The van der Waals surface area contributed by atoms with E-state index in [0.29, 0.717) is 12.0 Å². The van der Waals surface area contributed by atoms with Gasteiger partial charge in [-0.3, -0.25) is 4.98 Å². The molecule has 2 rings (SSSR count). The van der Waals surface area contributed by atoms with Gasteiger partial charge in [-0.1, -0.05) is 13.3 Å². The standard InChI is InChI=1S/C12H16BrNO/c1-9-4-2-3-5-12(9)15-11-6-10(13)7-14-8-11/h6-9,12H,2-5H2,1H3. The summed E-state index contributed by atoms with van der Waals surface area (Å²) in [6, 6.07) is 1.98. The van der Waals surface area contributed by atoms with E-state index in [1.165, 1.54) is 25.7 Å². The Labute approximate surface area is 99.2 Å². The lowest BCUT2D eigenvalue weighted by molar-refractivity contribution is 0.102. The predicted octanol–water partition coefficient (Wildman–Crippen LogP) is 3.80. The summed E-state index contributed by atoms with van der Waals surface area (Å²) >= 11 is 3.40. The molecule has 0 spiro atoms. The van der Waals surface area contributed by atoms with Crippen molar-refractivity contribution < 1.29 is 4.74 Å². The summed E-state index contributed by atoms with van der Waals surface area (Å²) in [5.41, 5.74) is 0. The first-order valence-electron chi connectivity index (χ1n) is 5.53. The average Bonchev–Trinajstić information content (AvgIpc) is 2.22. The molecule has 2 unspecified atom stereocenters. The molecule has 1 aliphatic carbocycles. The first-order chi connectivity index (χ1) is 7.25. The highest BCUT2D eigenvalue weighted by molar-refractivity contribution is 9.10. The summed E-state index contributed by atoms with van der Waals surface area (Å²) in [5.74, 6) is 1.54. The molecule has 0 bridgehead atoms. The van der Waals surface area contributed by atoms with Crippen LogP contribution in [0, 0.1) is 5.92 Å². The van der Waals surface area contributed by atoms with Gasteiger partial charge in [0, 0.05) is 10.7 Å². The van der Waals surface area contributed by atoms with Crippen molar-refractivity contribution in [2.75, 3.05) is 0 Å². The molecule has 1 aliphatic rings. The van der Waals surface area contributed by atoms with Crippen LogP contribution >= 0.6 is 15.9 Å². The average molecular weight is 270 g/mol. The third-order valence-electron chi connectivity index (χ3n) is 3.00.